The van der Waals surface area contributed by atoms with Gasteiger partial charge in [0.1, 0.15) is 11.8 Å². The molecule has 0 saturated heterocycles. The van der Waals surface area contributed by atoms with Gasteiger partial charge in [-0.2, -0.15) is 4.98 Å². The number of hydrogen-bond donors (Lipinski definition) is 2. The SMILES string of the molecule is COc1ccc(-c2noc(N[C@H](CC(C)C)C(=O)O)n2)cc1. The Kier molecular flexibility index (Phi) is 4.98. The monoisotopic (exact) mass is 305 g/mol. The van der Waals surface area contributed by atoms with E-state index in [1.807, 2.05) is 13.8 Å². The lowest BCUT2D eigenvalue weighted by Gasteiger charge is -2.14. The van der Waals surface area contributed by atoms with E-state index in [1.54, 1.807) is 31.4 Å². The van der Waals surface area contributed by atoms with Crippen molar-refractivity contribution in [1.82, 2.24) is 10.1 Å². The number of anilines is 1. The summed E-state index contributed by atoms with van der Waals surface area (Å²) < 4.78 is 10.2. The highest BCUT2D eigenvalue weighted by atomic mass is 16.5. The minimum absolute atomic E-state index is 0.0962. The van der Waals surface area contributed by atoms with Crippen LogP contribution in [0.1, 0.15) is 20.3 Å². The molecule has 2 N–H and O–H groups in total. The van der Waals surface area contributed by atoms with Crippen molar-refractivity contribution in [2.75, 3.05) is 12.4 Å². The lowest BCUT2D eigenvalue weighted by atomic mass is 10.0. The van der Waals surface area contributed by atoms with E-state index in [-0.39, 0.29) is 11.9 Å². The normalized spacial score (nSPS) is 12.2. The molecule has 22 heavy (non-hydrogen) atoms. The molecule has 0 bridgehead atoms. The van der Waals surface area contributed by atoms with Crippen LogP contribution in [0.5, 0.6) is 5.75 Å². The van der Waals surface area contributed by atoms with Crippen LogP contribution in [0.15, 0.2) is 28.8 Å². The third-order valence-electron chi connectivity index (χ3n) is 3.08. The van der Waals surface area contributed by atoms with Crippen molar-refractivity contribution >= 4 is 12.0 Å². The highest BCUT2D eigenvalue weighted by Crippen LogP contribution is 2.21. The number of aliphatic carboxylic acids is 1. The number of ether oxygens (including phenoxy) is 1. The van der Waals surface area contributed by atoms with Crippen molar-refractivity contribution in [3.05, 3.63) is 24.3 Å². The fourth-order valence-electron chi connectivity index (χ4n) is 1.98. The third-order valence-corrected chi connectivity index (χ3v) is 3.08. The Morgan fingerprint density at radius 3 is 2.59 bits per heavy atom. The molecule has 2 aromatic rings. The molecule has 0 aliphatic rings. The quantitative estimate of drug-likeness (QED) is 0.811. The van der Waals surface area contributed by atoms with Gasteiger partial charge in [0.2, 0.25) is 5.82 Å². The van der Waals surface area contributed by atoms with Gasteiger partial charge in [0.15, 0.2) is 0 Å². The van der Waals surface area contributed by atoms with Crippen LogP contribution in [-0.2, 0) is 4.79 Å². The van der Waals surface area contributed by atoms with E-state index in [9.17, 15) is 9.90 Å². The number of carboxylic acid groups (broad SMARTS) is 1. The predicted octanol–water partition coefficient (Wildman–Crippen LogP) is 2.66. The second-order valence-electron chi connectivity index (χ2n) is 5.32. The number of nitrogens with zero attached hydrogens (tertiary/aromatic N) is 2. The van der Waals surface area contributed by atoms with Crippen molar-refractivity contribution in [1.29, 1.82) is 0 Å². The Hall–Kier alpha value is -2.57. The summed E-state index contributed by atoms with van der Waals surface area (Å²) in [4.78, 5) is 15.4. The smallest absolute Gasteiger partial charge is 0.326 e. The lowest BCUT2D eigenvalue weighted by molar-refractivity contribution is -0.138. The van der Waals surface area contributed by atoms with E-state index in [2.05, 4.69) is 15.5 Å². The molecule has 0 radical (unpaired) electrons. The van der Waals surface area contributed by atoms with Crippen LogP contribution in [0.2, 0.25) is 0 Å². The van der Waals surface area contributed by atoms with Gasteiger partial charge >= 0.3 is 12.0 Å². The average molecular weight is 305 g/mol. The van der Waals surface area contributed by atoms with Gasteiger partial charge in [0, 0.05) is 5.56 Å². The van der Waals surface area contributed by atoms with Crippen LogP contribution in [0.25, 0.3) is 11.4 Å². The van der Waals surface area contributed by atoms with Crippen LogP contribution in [-0.4, -0.2) is 34.4 Å². The predicted molar refractivity (Wildman–Crippen MR) is 80.8 cm³/mol. The maximum atomic E-state index is 11.2. The van der Waals surface area contributed by atoms with Crippen molar-refractivity contribution in [3.8, 4) is 17.1 Å². The molecule has 2 rings (SSSR count). The molecule has 7 nitrogen and oxygen atoms in total. The first-order valence-corrected chi connectivity index (χ1v) is 6.97. The summed E-state index contributed by atoms with van der Waals surface area (Å²) in [5.41, 5.74) is 0.758. The fraction of sp³-hybridized carbons (Fsp3) is 0.400. The highest BCUT2D eigenvalue weighted by molar-refractivity contribution is 5.76. The van der Waals surface area contributed by atoms with Gasteiger partial charge in [-0.3, -0.25) is 0 Å². The molecular weight excluding hydrogens is 286 g/mol. The zero-order valence-corrected chi connectivity index (χ0v) is 12.7. The Labute approximate surface area is 128 Å². The standard InChI is InChI=1S/C15H19N3O4/c1-9(2)8-12(14(19)20)16-15-17-13(18-22-15)10-4-6-11(21-3)7-5-10/h4-7,9,12H,8H2,1-3H3,(H,19,20)(H,16,17,18)/t12-/m1/s1. The zero-order chi connectivity index (χ0) is 16.1. The Morgan fingerprint density at radius 1 is 1.36 bits per heavy atom. The van der Waals surface area contributed by atoms with E-state index in [4.69, 9.17) is 9.26 Å². The summed E-state index contributed by atoms with van der Waals surface area (Å²) in [6.45, 7) is 3.91. The number of aromatic nitrogens is 2. The van der Waals surface area contributed by atoms with Crippen molar-refractivity contribution in [3.63, 3.8) is 0 Å². The Bertz CT molecular complexity index is 622. The van der Waals surface area contributed by atoms with E-state index in [0.29, 0.717) is 12.2 Å². The minimum Gasteiger partial charge on any atom is -0.497 e. The molecule has 1 aromatic heterocycles. The summed E-state index contributed by atoms with van der Waals surface area (Å²) in [5, 5.41) is 15.8. The summed E-state index contributed by atoms with van der Waals surface area (Å²) in [6.07, 6.45) is 0.468. The summed E-state index contributed by atoms with van der Waals surface area (Å²) >= 11 is 0. The number of nitrogens with one attached hydrogen (secondary N) is 1. The molecule has 0 unspecified atom stereocenters. The van der Waals surface area contributed by atoms with Gasteiger partial charge in [-0.1, -0.05) is 19.0 Å². The van der Waals surface area contributed by atoms with Gasteiger partial charge in [0.05, 0.1) is 7.11 Å². The second-order valence-corrected chi connectivity index (χ2v) is 5.32. The first-order valence-electron chi connectivity index (χ1n) is 6.97. The summed E-state index contributed by atoms with van der Waals surface area (Å²) in [6, 6.07) is 6.52. The topological polar surface area (TPSA) is 97.5 Å². The van der Waals surface area contributed by atoms with Crippen molar-refractivity contribution in [2.45, 2.75) is 26.3 Å². The molecule has 1 atom stereocenters. The largest absolute Gasteiger partial charge is 0.497 e. The first-order chi connectivity index (χ1) is 10.5. The summed E-state index contributed by atoms with van der Waals surface area (Å²) in [5.74, 6) is 0.405. The van der Waals surface area contributed by atoms with E-state index in [0.717, 1.165) is 11.3 Å². The maximum Gasteiger partial charge on any atom is 0.326 e. The molecule has 0 saturated carbocycles. The van der Waals surface area contributed by atoms with E-state index < -0.39 is 12.0 Å². The van der Waals surface area contributed by atoms with Gasteiger partial charge in [-0.15, -0.1) is 0 Å². The summed E-state index contributed by atoms with van der Waals surface area (Å²) in [7, 11) is 1.59. The number of carbonyl (C=O) groups is 1. The van der Waals surface area contributed by atoms with E-state index in [1.165, 1.54) is 0 Å². The van der Waals surface area contributed by atoms with Gasteiger partial charge in [-0.25, -0.2) is 4.79 Å². The number of hydrogen-bond acceptors (Lipinski definition) is 6. The van der Waals surface area contributed by atoms with Crippen molar-refractivity contribution < 1.29 is 19.2 Å². The van der Waals surface area contributed by atoms with Crippen LogP contribution in [0.4, 0.5) is 6.01 Å². The molecule has 0 spiro atoms. The number of methoxy groups -OCH3 is 1. The number of carboxylic acids is 1. The van der Waals surface area contributed by atoms with E-state index >= 15 is 0 Å². The highest BCUT2D eigenvalue weighted by Gasteiger charge is 2.21. The first kappa shape index (κ1) is 15.8. The molecular formula is C15H19N3O4. The lowest BCUT2D eigenvalue weighted by Crippen LogP contribution is -2.30. The number of benzene rings is 1. The van der Waals surface area contributed by atoms with Gasteiger partial charge < -0.3 is 19.7 Å². The molecule has 0 amide bonds. The van der Waals surface area contributed by atoms with Crippen LogP contribution < -0.4 is 10.1 Å². The number of rotatable bonds is 7. The Balaban J connectivity index is 2.11. The maximum absolute atomic E-state index is 11.2. The third kappa shape index (κ3) is 3.97. The molecule has 0 aliphatic heterocycles. The molecule has 0 aliphatic carbocycles. The van der Waals surface area contributed by atoms with Gasteiger partial charge in [-0.05, 0) is 36.6 Å². The fourth-order valence-corrected chi connectivity index (χ4v) is 1.98. The molecule has 118 valence electrons. The average Bonchev–Trinajstić information content (AvgIpc) is 2.94. The zero-order valence-electron chi connectivity index (χ0n) is 12.7. The molecule has 7 heteroatoms. The molecule has 0 fully saturated rings. The molecule has 1 aromatic carbocycles. The van der Waals surface area contributed by atoms with Crippen molar-refractivity contribution in [2.24, 2.45) is 5.92 Å². The minimum atomic E-state index is -0.946. The Morgan fingerprint density at radius 2 is 2.05 bits per heavy atom. The van der Waals surface area contributed by atoms with Gasteiger partial charge in [0.25, 0.3) is 0 Å². The van der Waals surface area contributed by atoms with Crippen LogP contribution in [0, 0.1) is 5.92 Å². The molecule has 1 heterocycles. The van der Waals surface area contributed by atoms with Crippen LogP contribution >= 0.6 is 0 Å². The second kappa shape index (κ2) is 6.93. The van der Waals surface area contributed by atoms with Crippen LogP contribution in [0.3, 0.4) is 0 Å².